The van der Waals surface area contributed by atoms with Crippen molar-refractivity contribution in [1.82, 2.24) is 9.62 Å². The van der Waals surface area contributed by atoms with Crippen LogP contribution in [0.2, 0.25) is 6.32 Å². The smallest absolute Gasteiger partial charge is 0.451 e. The molecule has 1 rings (SSSR count). The molecule has 1 aliphatic heterocycles. The van der Waals surface area contributed by atoms with Crippen LogP contribution in [0.5, 0.6) is 0 Å². The Labute approximate surface area is 178 Å². The van der Waals surface area contributed by atoms with Gasteiger partial charge in [-0.1, -0.05) is 20.3 Å². The maximum Gasteiger partial charge on any atom is 0.451 e. The molecule has 0 bridgehead atoms. The molecule has 8 N–H and O–H groups in total. The summed E-state index contributed by atoms with van der Waals surface area (Å²) in [6.45, 7) is 4.75. The average molecular weight is 450 g/mol. The zero-order valence-corrected chi connectivity index (χ0v) is 18.6. The van der Waals surface area contributed by atoms with Crippen molar-refractivity contribution >= 4 is 29.0 Å². The molecule has 0 aromatic heterocycles. The number of sulfonamides is 1. The standard InChI is InChI=1S/C17H35BN4O7S/c1-11(2)14(6-8-19)30(28,29)22-9-13(5-4-7-18(26)27)17(20,10-22)16(25)21-12(3)15(23)24/h11-14,26-27H,4-10,19-20H2,1-3H3,(H,21,25)(H,23,24)/t12-,13-,14?,17-/m0/s1. The number of rotatable bonds is 12. The number of hydrogen-bond acceptors (Lipinski definition) is 8. The Morgan fingerprint density at radius 3 is 2.37 bits per heavy atom. The number of nitrogens with one attached hydrogen (secondary N) is 1. The van der Waals surface area contributed by atoms with Crippen molar-refractivity contribution < 1.29 is 33.2 Å². The Hall–Kier alpha value is -1.25. The monoisotopic (exact) mass is 450 g/mol. The summed E-state index contributed by atoms with van der Waals surface area (Å²) in [5.41, 5.74) is 10.3. The van der Waals surface area contributed by atoms with E-state index in [0.29, 0.717) is 6.42 Å². The van der Waals surface area contributed by atoms with E-state index in [-0.39, 0.29) is 44.7 Å². The van der Waals surface area contributed by atoms with E-state index in [0.717, 1.165) is 0 Å². The first-order chi connectivity index (χ1) is 13.8. The molecule has 0 spiro atoms. The van der Waals surface area contributed by atoms with Crippen molar-refractivity contribution in [2.24, 2.45) is 23.3 Å². The fraction of sp³-hybridized carbons (Fsp3) is 0.882. The van der Waals surface area contributed by atoms with Crippen LogP contribution in [-0.2, 0) is 19.6 Å². The maximum atomic E-state index is 13.2. The van der Waals surface area contributed by atoms with Crippen molar-refractivity contribution in [1.29, 1.82) is 0 Å². The topological polar surface area (TPSA) is 196 Å². The molecule has 4 atom stereocenters. The minimum atomic E-state index is -3.81. The predicted molar refractivity (Wildman–Crippen MR) is 113 cm³/mol. The predicted octanol–water partition coefficient (Wildman–Crippen LogP) is -1.84. The molecule has 0 aromatic rings. The molecule has 11 nitrogen and oxygen atoms in total. The molecule has 1 aliphatic rings. The Balaban J connectivity index is 3.17. The first-order valence-electron chi connectivity index (χ1n) is 10.1. The number of nitrogens with zero attached hydrogens (tertiary/aromatic N) is 1. The van der Waals surface area contributed by atoms with Crippen LogP contribution in [0.25, 0.3) is 0 Å². The van der Waals surface area contributed by atoms with Crippen molar-refractivity contribution in [2.45, 2.75) is 63.2 Å². The second kappa shape index (κ2) is 10.9. The summed E-state index contributed by atoms with van der Waals surface area (Å²) in [5, 5.41) is 28.8. The van der Waals surface area contributed by atoms with Gasteiger partial charge in [0, 0.05) is 19.0 Å². The fourth-order valence-electron chi connectivity index (χ4n) is 3.82. The number of amides is 1. The third kappa shape index (κ3) is 6.38. The van der Waals surface area contributed by atoms with E-state index in [1.54, 1.807) is 13.8 Å². The van der Waals surface area contributed by atoms with Crippen LogP contribution in [-0.4, -0.2) is 83.3 Å². The van der Waals surface area contributed by atoms with Crippen LogP contribution >= 0.6 is 0 Å². The minimum absolute atomic E-state index is 0.0109. The van der Waals surface area contributed by atoms with E-state index >= 15 is 0 Å². The van der Waals surface area contributed by atoms with Crippen molar-refractivity contribution in [3.05, 3.63) is 0 Å². The van der Waals surface area contributed by atoms with Crippen LogP contribution in [0.1, 0.15) is 40.0 Å². The molecule has 1 amide bonds. The summed E-state index contributed by atoms with van der Waals surface area (Å²) >= 11 is 0. The molecule has 13 heteroatoms. The Kier molecular flexibility index (Phi) is 9.71. The van der Waals surface area contributed by atoms with Gasteiger partial charge in [-0.25, -0.2) is 8.42 Å². The minimum Gasteiger partial charge on any atom is -0.480 e. The van der Waals surface area contributed by atoms with Crippen molar-refractivity contribution in [2.75, 3.05) is 19.6 Å². The second-order valence-corrected chi connectivity index (χ2v) is 10.5. The number of aliphatic carboxylic acids is 1. The van der Waals surface area contributed by atoms with Gasteiger partial charge < -0.3 is 31.9 Å². The van der Waals surface area contributed by atoms with Crippen molar-refractivity contribution in [3.63, 3.8) is 0 Å². The molecular weight excluding hydrogens is 415 g/mol. The number of nitrogens with two attached hydrogens (primary N) is 2. The SMILES string of the molecule is CC(C)C(CCN)S(=O)(=O)N1C[C@H](CCCB(O)O)[C@](N)(C(=O)N[C@@H](C)C(=O)O)C1. The Morgan fingerprint density at radius 2 is 1.90 bits per heavy atom. The van der Waals surface area contributed by atoms with Gasteiger partial charge in [-0.05, 0) is 38.5 Å². The van der Waals surface area contributed by atoms with Gasteiger partial charge in [-0.15, -0.1) is 0 Å². The molecule has 174 valence electrons. The van der Waals surface area contributed by atoms with Gasteiger partial charge in [0.05, 0.1) is 5.25 Å². The van der Waals surface area contributed by atoms with E-state index in [1.807, 2.05) is 0 Å². The van der Waals surface area contributed by atoms with Gasteiger partial charge in [0.1, 0.15) is 11.6 Å². The van der Waals surface area contributed by atoms with Crippen LogP contribution in [0.3, 0.4) is 0 Å². The largest absolute Gasteiger partial charge is 0.480 e. The summed E-state index contributed by atoms with van der Waals surface area (Å²) in [5.74, 6) is -2.80. The molecule has 1 fully saturated rings. The summed E-state index contributed by atoms with van der Waals surface area (Å²) in [6, 6.07) is -1.19. The Bertz CT molecular complexity index is 706. The zero-order valence-electron chi connectivity index (χ0n) is 17.8. The molecule has 1 unspecified atom stereocenters. The van der Waals surface area contributed by atoms with E-state index in [2.05, 4.69) is 5.32 Å². The Morgan fingerprint density at radius 1 is 1.30 bits per heavy atom. The molecule has 0 saturated carbocycles. The lowest BCUT2D eigenvalue weighted by Crippen LogP contribution is -2.61. The van der Waals surface area contributed by atoms with E-state index in [1.165, 1.54) is 11.2 Å². The van der Waals surface area contributed by atoms with Crippen LogP contribution in [0.15, 0.2) is 0 Å². The van der Waals surface area contributed by atoms with Gasteiger partial charge in [0.25, 0.3) is 0 Å². The van der Waals surface area contributed by atoms with E-state index in [9.17, 15) is 18.0 Å². The second-order valence-electron chi connectivity index (χ2n) is 8.38. The lowest BCUT2D eigenvalue weighted by Gasteiger charge is -2.30. The van der Waals surface area contributed by atoms with Crippen LogP contribution in [0, 0.1) is 11.8 Å². The molecular formula is C17H35BN4O7S. The number of carbonyl (C=O) groups excluding carboxylic acids is 1. The third-order valence-corrected chi connectivity index (χ3v) is 8.23. The quantitative estimate of drug-likeness (QED) is 0.185. The third-order valence-electron chi connectivity index (χ3n) is 5.68. The highest BCUT2D eigenvalue weighted by Gasteiger charge is 2.53. The number of hydrogen-bond donors (Lipinski definition) is 6. The normalized spacial score (nSPS) is 24.6. The maximum absolute atomic E-state index is 13.2. The van der Waals surface area contributed by atoms with Crippen molar-refractivity contribution in [3.8, 4) is 0 Å². The van der Waals surface area contributed by atoms with Gasteiger partial charge >= 0.3 is 13.1 Å². The summed E-state index contributed by atoms with van der Waals surface area (Å²) in [6.07, 6.45) is 0.900. The van der Waals surface area contributed by atoms with Gasteiger partial charge in [-0.3, -0.25) is 9.59 Å². The number of carboxylic acid groups (broad SMARTS) is 1. The molecule has 0 radical (unpaired) electrons. The summed E-state index contributed by atoms with van der Waals surface area (Å²) in [7, 11) is -5.33. The lowest BCUT2D eigenvalue weighted by molar-refractivity contribution is -0.142. The highest BCUT2D eigenvalue weighted by atomic mass is 32.2. The summed E-state index contributed by atoms with van der Waals surface area (Å²) in [4.78, 5) is 24.0. The molecule has 30 heavy (non-hydrogen) atoms. The first kappa shape index (κ1) is 26.8. The first-order valence-corrected chi connectivity index (χ1v) is 11.7. The van der Waals surface area contributed by atoms with Gasteiger partial charge in [0.2, 0.25) is 15.9 Å². The summed E-state index contributed by atoms with van der Waals surface area (Å²) < 4.78 is 27.7. The fourth-order valence-corrected chi connectivity index (χ4v) is 6.10. The van der Waals surface area contributed by atoms with Crippen LogP contribution < -0.4 is 16.8 Å². The average Bonchev–Trinajstić information content (AvgIpc) is 2.97. The highest BCUT2D eigenvalue weighted by molar-refractivity contribution is 7.89. The van der Waals surface area contributed by atoms with Gasteiger partial charge in [0.15, 0.2) is 0 Å². The van der Waals surface area contributed by atoms with Crippen LogP contribution in [0.4, 0.5) is 0 Å². The number of carbonyl (C=O) groups is 2. The number of carboxylic acids is 1. The van der Waals surface area contributed by atoms with E-state index < -0.39 is 51.8 Å². The van der Waals surface area contributed by atoms with Gasteiger partial charge in [-0.2, -0.15) is 4.31 Å². The molecule has 0 aliphatic carbocycles. The molecule has 1 heterocycles. The zero-order chi connectivity index (χ0) is 23.3. The molecule has 0 aromatic carbocycles. The lowest BCUT2D eigenvalue weighted by atomic mass is 9.78. The highest BCUT2D eigenvalue weighted by Crippen LogP contribution is 2.34. The van der Waals surface area contributed by atoms with E-state index in [4.69, 9.17) is 26.6 Å². The molecule has 1 saturated heterocycles.